The molecule has 0 atom stereocenters. The van der Waals surface area contributed by atoms with Crippen LogP contribution in [0.2, 0.25) is 0 Å². The third kappa shape index (κ3) is 4.04. The van der Waals surface area contributed by atoms with Gasteiger partial charge in [-0.2, -0.15) is 0 Å². The van der Waals surface area contributed by atoms with E-state index < -0.39 is 5.91 Å². The lowest BCUT2D eigenvalue weighted by atomic mass is 10.1. The number of primary amides is 1. The number of nitrogens with two attached hydrogens (primary N) is 1. The molecule has 1 aromatic carbocycles. The Morgan fingerprint density at radius 1 is 1.33 bits per heavy atom. The molecule has 0 saturated carbocycles. The van der Waals surface area contributed by atoms with E-state index in [-0.39, 0.29) is 0 Å². The van der Waals surface area contributed by atoms with E-state index in [1.54, 1.807) is 12.1 Å². The van der Waals surface area contributed by atoms with Gasteiger partial charge in [0.1, 0.15) is 12.4 Å². The van der Waals surface area contributed by atoms with E-state index >= 15 is 0 Å². The van der Waals surface area contributed by atoms with E-state index in [4.69, 9.17) is 10.5 Å². The molecule has 0 saturated heterocycles. The molecular weight excluding hydrogens is 228 g/mol. The molecule has 0 aromatic heterocycles. The van der Waals surface area contributed by atoms with Crippen molar-refractivity contribution in [2.45, 2.75) is 20.8 Å². The summed E-state index contributed by atoms with van der Waals surface area (Å²) in [5.74, 6) is 0.381. The van der Waals surface area contributed by atoms with Crippen molar-refractivity contribution in [3.8, 4) is 5.75 Å². The maximum atomic E-state index is 11.1. The summed E-state index contributed by atoms with van der Waals surface area (Å²) in [6.07, 6.45) is 0. The van der Waals surface area contributed by atoms with Gasteiger partial charge in [-0.1, -0.05) is 13.8 Å². The first-order valence-corrected chi connectivity index (χ1v) is 6.34. The summed E-state index contributed by atoms with van der Waals surface area (Å²) < 4.78 is 5.66. The molecule has 100 valence electrons. The molecule has 4 nitrogen and oxygen atoms in total. The lowest BCUT2D eigenvalue weighted by Gasteiger charge is -2.18. The summed E-state index contributed by atoms with van der Waals surface area (Å²) in [5, 5.41) is 0. The van der Waals surface area contributed by atoms with Crippen LogP contribution in [0.15, 0.2) is 18.2 Å². The van der Waals surface area contributed by atoms with Crippen LogP contribution >= 0.6 is 0 Å². The van der Waals surface area contributed by atoms with Gasteiger partial charge in [-0.05, 0) is 43.8 Å². The Morgan fingerprint density at radius 3 is 2.50 bits per heavy atom. The van der Waals surface area contributed by atoms with Crippen molar-refractivity contribution >= 4 is 5.91 Å². The first kappa shape index (κ1) is 14.5. The predicted molar refractivity (Wildman–Crippen MR) is 73.0 cm³/mol. The molecule has 1 rings (SSSR count). The van der Waals surface area contributed by atoms with Gasteiger partial charge < -0.3 is 15.4 Å². The molecule has 0 bridgehead atoms. The molecule has 0 radical (unpaired) electrons. The summed E-state index contributed by atoms with van der Waals surface area (Å²) in [4.78, 5) is 13.4. The van der Waals surface area contributed by atoms with Crippen LogP contribution in [0.25, 0.3) is 0 Å². The second-order valence-electron chi connectivity index (χ2n) is 4.22. The number of hydrogen-bond donors (Lipinski definition) is 1. The molecule has 2 N–H and O–H groups in total. The fourth-order valence-electron chi connectivity index (χ4n) is 1.83. The SMILES string of the molecule is CCN(CC)CCOc1ccc(C(N)=O)c(C)c1. The van der Waals surface area contributed by atoms with Crippen molar-refractivity contribution in [3.05, 3.63) is 29.3 Å². The molecule has 0 spiro atoms. The topological polar surface area (TPSA) is 55.6 Å². The van der Waals surface area contributed by atoms with Gasteiger partial charge in [-0.15, -0.1) is 0 Å². The van der Waals surface area contributed by atoms with Crippen molar-refractivity contribution in [1.82, 2.24) is 4.90 Å². The number of nitrogens with zero attached hydrogens (tertiary/aromatic N) is 1. The third-order valence-electron chi connectivity index (χ3n) is 3.03. The number of aryl methyl sites for hydroxylation is 1. The van der Waals surface area contributed by atoms with Gasteiger partial charge in [0.05, 0.1) is 0 Å². The standard InChI is InChI=1S/C14H22N2O2/c1-4-16(5-2)8-9-18-12-6-7-13(14(15)17)11(3)10-12/h6-7,10H,4-5,8-9H2,1-3H3,(H2,15,17). The summed E-state index contributed by atoms with van der Waals surface area (Å²) in [6.45, 7) is 9.74. The second-order valence-corrected chi connectivity index (χ2v) is 4.22. The molecule has 4 heteroatoms. The number of rotatable bonds is 7. The van der Waals surface area contributed by atoms with Gasteiger partial charge in [0, 0.05) is 12.1 Å². The van der Waals surface area contributed by atoms with Crippen LogP contribution in [0.4, 0.5) is 0 Å². The van der Waals surface area contributed by atoms with Gasteiger partial charge in [0.15, 0.2) is 0 Å². The van der Waals surface area contributed by atoms with E-state index in [1.165, 1.54) is 0 Å². The van der Waals surface area contributed by atoms with E-state index in [0.29, 0.717) is 12.2 Å². The fourth-order valence-corrected chi connectivity index (χ4v) is 1.83. The number of carbonyl (C=O) groups excluding carboxylic acids is 1. The Balaban J connectivity index is 2.53. The van der Waals surface area contributed by atoms with Crippen LogP contribution in [0.5, 0.6) is 5.75 Å². The fraction of sp³-hybridized carbons (Fsp3) is 0.500. The molecule has 1 amide bonds. The Hall–Kier alpha value is -1.55. The van der Waals surface area contributed by atoms with E-state index in [9.17, 15) is 4.79 Å². The van der Waals surface area contributed by atoms with Crippen LogP contribution in [0.3, 0.4) is 0 Å². The van der Waals surface area contributed by atoms with E-state index in [1.807, 2.05) is 13.0 Å². The average molecular weight is 250 g/mol. The van der Waals surface area contributed by atoms with Gasteiger partial charge in [-0.25, -0.2) is 0 Å². The minimum absolute atomic E-state index is 0.401. The summed E-state index contributed by atoms with van der Waals surface area (Å²) >= 11 is 0. The van der Waals surface area contributed by atoms with Crippen molar-refractivity contribution < 1.29 is 9.53 Å². The predicted octanol–water partition coefficient (Wildman–Crippen LogP) is 1.81. The Labute approximate surface area is 109 Å². The van der Waals surface area contributed by atoms with Crippen LogP contribution < -0.4 is 10.5 Å². The van der Waals surface area contributed by atoms with Crippen LogP contribution in [-0.2, 0) is 0 Å². The first-order valence-electron chi connectivity index (χ1n) is 6.34. The van der Waals surface area contributed by atoms with Crippen LogP contribution in [-0.4, -0.2) is 37.0 Å². The number of benzene rings is 1. The minimum atomic E-state index is -0.401. The van der Waals surface area contributed by atoms with Crippen molar-refractivity contribution in [3.63, 3.8) is 0 Å². The highest BCUT2D eigenvalue weighted by atomic mass is 16.5. The minimum Gasteiger partial charge on any atom is -0.492 e. The third-order valence-corrected chi connectivity index (χ3v) is 3.03. The van der Waals surface area contributed by atoms with Gasteiger partial charge in [0.2, 0.25) is 5.91 Å². The van der Waals surface area contributed by atoms with E-state index in [2.05, 4.69) is 18.7 Å². The monoisotopic (exact) mass is 250 g/mol. The maximum Gasteiger partial charge on any atom is 0.248 e. The lowest BCUT2D eigenvalue weighted by Crippen LogP contribution is -2.27. The van der Waals surface area contributed by atoms with Gasteiger partial charge >= 0.3 is 0 Å². The number of amides is 1. The number of likely N-dealkylation sites (N-methyl/N-ethyl adjacent to an activating group) is 1. The normalized spacial score (nSPS) is 10.7. The maximum absolute atomic E-state index is 11.1. The molecule has 0 aliphatic heterocycles. The lowest BCUT2D eigenvalue weighted by molar-refractivity contribution is 0.0999. The smallest absolute Gasteiger partial charge is 0.248 e. The first-order chi connectivity index (χ1) is 8.58. The highest BCUT2D eigenvalue weighted by Crippen LogP contribution is 2.16. The van der Waals surface area contributed by atoms with Gasteiger partial charge in [-0.3, -0.25) is 4.79 Å². The molecule has 18 heavy (non-hydrogen) atoms. The molecular formula is C14H22N2O2. The quantitative estimate of drug-likeness (QED) is 0.803. The summed E-state index contributed by atoms with van der Waals surface area (Å²) in [5.41, 5.74) is 6.65. The number of ether oxygens (including phenoxy) is 1. The van der Waals surface area contributed by atoms with Crippen molar-refractivity contribution in [2.24, 2.45) is 5.73 Å². The Morgan fingerprint density at radius 2 is 2.00 bits per heavy atom. The molecule has 0 aliphatic carbocycles. The molecule has 0 heterocycles. The molecule has 0 aliphatic rings. The average Bonchev–Trinajstić information content (AvgIpc) is 2.34. The molecule has 0 fully saturated rings. The largest absolute Gasteiger partial charge is 0.492 e. The highest BCUT2D eigenvalue weighted by Gasteiger charge is 2.06. The highest BCUT2D eigenvalue weighted by molar-refractivity contribution is 5.94. The van der Waals surface area contributed by atoms with Gasteiger partial charge in [0.25, 0.3) is 0 Å². The Kier molecular flexibility index (Phi) is 5.65. The van der Waals surface area contributed by atoms with E-state index in [0.717, 1.165) is 30.9 Å². The molecule has 0 unspecified atom stereocenters. The van der Waals surface area contributed by atoms with Crippen molar-refractivity contribution in [2.75, 3.05) is 26.2 Å². The zero-order valence-electron chi connectivity index (χ0n) is 11.4. The zero-order chi connectivity index (χ0) is 13.5. The summed E-state index contributed by atoms with van der Waals surface area (Å²) in [6, 6.07) is 5.35. The molecule has 1 aromatic rings. The van der Waals surface area contributed by atoms with Crippen molar-refractivity contribution in [1.29, 1.82) is 0 Å². The summed E-state index contributed by atoms with van der Waals surface area (Å²) in [7, 11) is 0. The number of carbonyl (C=O) groups is 1. The zero-order valence-corrected chi connectivity index (χ0v) is 11.4. The second kappa shape index (κ2) is 7.01. The number of hydrogen-bond acceptors (Lipinski definition) is 3. The van der Waals surface area contributed by atoms with Crippen LogP contribution in [0, 0.1) is 6.92 Å². The van der Waals surface area contributed by atoms with Crippen LogP contribution in [0.1, 0.15) is 29.8 Å². The Bertz CT molecular complexity index is 401.